The van der Waals surface area contributed by atoms with Crippen molar-refractivity contribution in [2.75, 3.05) is 13.2 Å². The van der Waals surface area contributed by atoms with Gasteiger partial charge in [0.2, 0.25) is 0 Å². The first-order valence-corrected chi connectivity index (χ1v) is 11.0. The van der Waals surface area contributed by atoms with E-state index >= 15 is 0 Å². The maximum atomic E-state index is 13.4. The zero-order chi connectivity index (χ0) is 21.8. The molecule has 7 heteroatoms. The average Bonchev–Trinajstić information content (AvgIpc) is 3.05. The number of nitrogens with zero attached hydrogens (tertiary/aromatic N) is 2. The van der Waals surface area contributed by atoms with Crippen LogP contribution in [0.2, 0.25) is 0 Å². The Balaban J connectivity index is 1.45. The summed E-state index contributed by atoms with van der Waals surface area (Å²) >= 11 is 0. The predicted molar refractivity (Wildman–Crippen MR) is 116 cm³/mol. The molecule has 0 spiro atoms. The molecule has 164 valence electrons. The highest BCUT2D eigenvalue weighted by Crippen LogP contribution is 2.38. The van der Waals surface area contributed by atoms with Gasteiger partial charge in [-0.3, -0.25) is 14.6 Å². The number of hydrogen-bond acceptors (Lipinski definition) is 5. The van der Waals surface area contributed by atoms with Crippen LogP contribution in [0.4, 0.5) is 0 Å². The summed E-state index contributed by atoms with van der Waals surface area (Å²) < 4.78 is 11.3. The van der Waals surface area contributed by atoms with E-state index in [0.717, 1.165) is 25.7 Å². The minimum atomic E-state index is -0.0838. The van der Waals surface area contributed by atoms with Crippen molar-refractivity contribution >= 4 is 11.8 Å². The minimum absolute atomic E-state index is 0.0235. The molecule has 2 atom stereocenters. The van der Waals surface area contributed by atoms with Crippen LogP contribution >= 0.6 is 0 Å². The molecule has 2 unspecified atom stereocenters. The van der Waals surface area contributed by atoms with E-state index in [1.807, 2.05) is 30.9 Å². The Kier molecular flexibility index (Phi) is 6.39. The van der Waals surface area contributed by atoms with Crippen LogP contribution in [0.25, 0.3) is 0 Å². The molecule has 31 heavy (non-hydrogen) atoms. The molecule has 2 aromatic rings. The van der Waals surface area contributed by atoms with E-state index in [-0.39, 0.29) is 29.9 Å². The number of benzene rings is 1. The second-order valence-electron chi connectivity index (χ2n) is 8.00. The number of nitrogens with one attached hydrogen (secondary N) is 1. The molecule has 2 amide bonds. The first kappa shape index (κ1) is 21.2. The van der Waals surface area contributed by atoms with Crippen LogP contribution in [-0.4, -0.2) is 53.0 Å². The van der Waals surface area contributed by atoms with Crippen molar-refractivity contribution < 1.29 is 19.1 Å². The van der Waals surface area contributed by atoms with Crippen LogP contribution < -0.4 is 14.8 Å². The van der Waals surface area contributed by atoms with Crippen molar-refractivity contribution in [3.8, 4) is 11.5 Å². The lowest BCUT2D eigenvalue weighted by molar-refractivity contribution is 0.0549. The molecule has 1 aromatic heterocycles. The van der Waals surface area contributed by atoms with E-state index in [1.165, 1.54) is 0 Å². The van der Waals surface area contributed by atoms with Crippen molar-refractivity contribution in [1.29, 1.82) is 0 Å². The van der Waals surface area contributed by atoms with E-state index in [1.54, 1.807) is 30.6 Å². The Morgan fingerprint density at radius 1 is 0.968 bits per heavy atom. The highest BCUT2D eigenvalue weighted by atomic mass is 16.5. The summed E-state index contributed by atoms with van der Waals surface area (Å²) in [7, 11) is 0. The monoisotopic (exact) mass is 423 g/mol. The maximum Gasteiger partial charge on any atom is 0.254 e. The Morgan fingerprint density at radius 2 is 1.61 bits per heavy atom. The van der Waals surface area contributed by atoms with Crippen molar-refractivity contribution in [2.24, 2.45) is 0 Å². The first-order valence-electron chi connectivity index (χ1n) is 11.0. The number of carbonyl (C=O) groups excluding carboxylic acids is 2. The second-order valence-corrected chi connectivity index (χ2v) is 8.00. The first-order chi connectivity index (χ1) is 15.1. The van der Waals surface area contributed by atoms with Crippen molar-refractivity contribution in [2.45, 2.75) is 57.7 Å². The zero-order valence-corrected chi connectivity index (χ0v) is 18.0. The summed E-state index contributed by atoms with van der Waals surface area (Å²) in [5, 5.41) is 3.14. The Bertz CT molecular complexity index is 920. The topological polar surface area (TPSA) is 80.8 Å². The van der Waals surface area contributed by atoms with E-state index in [2.05, 4.69) is 10.3 Å². The molecule has 3 heterocycles. The fraction of sp³-hybridized carbons (Fsp3) is 0.458. The van der Waals surface area contributed by atoms with Gasteiger partial charge in [0.15, 0.2) is 11.5 Å². The Morgan fingerprint density at radius 3 is 2.26 bits per heavy atom. The van der Waals surface area contributed by atoms with Crippen molar-refractivity contribution in [3.63, 3.8) is 0 Å². The quantitative estimate of drug-likeness (QED) is 0.738. The van der Waals surface area contributed by atoms with Gasteiger partial charge in [0, 0.05) is 41.6 Å². The SMILES string of the molecule is CCOc1ccc(C(=O)N2C3CCC2CC(NC(=O)c2ccncc2)C3)cc1OCC. The van der Waals surface area contributed by atoms with Crippen molar-refractivity contribution in [1.82, 2.24) is 15.2 Å². The highest BCUT2D eigenvalue weighted by molar-refractivity contribution is 5.96. The number of fused-ring (bicyclic) bond motifs is 2. The number of piperidine rings is 1. The fourth-order valence-electron chi connectivity index (χ4n) is 4.73. The smallest absolute Gasteiger partial charge is 0.254 e. The standard InChI is InChI=1S/C24H29N3O4/c1-3-30-21-8-5-17(13-22(21)31-4-2)24(29)27-19-6-7-20(27)15-18(14-19)26-23(28)16-9-11-25-12-10-16/h5,8-13,18-20H,3-4,6-7,14-15H2,1-2H3,(H,26,28). The molecular weight excluding hydrogens is 394 g/mol. The average molecular weight is 424 g/mol. The van der Waals surface area contributed by atoms with Gasteiger partial charge in [0.05, 0.1) is 13.2 Å². The lowest BCUT2D eigenvalue weighted by Crippen LogP contribution is -2.52. The fourth-order valence-corrected chi connectivity index (χ4v) is 4.73. The second kappa shape index (κ2) is 9.37. The number of rotatable bonds is 7. The van der Waals surface area contributed by atoms with E-state index < -0.39 is 0 Å². The summed E-state index contributed by atoms with van der Waals surface area (Å²) in [5.41, 5.74) is 1.22. The summed E-state index contributed by atoms with van der Waals surface area (Å²) in [6.07, 6.45) is 6.71. The molecule has 0 aliphatic carbocycles. The van der Waals surface area contributed by atoms with Gasteiger partial charge in [-0.25, -0.2) is 0 Å². The third-order valence-corrected chi connectivity index (χ3v) is 6.04. The van der Waals surface area contributed by atoms with Crippen LogP contribution in [0.15, 0.2) is 42.7 Å². The molecule has 2 fully saturated rings. The number of pyridine rings is 1. The Hall–Kier alpha value is -3.09. The molecular formula is C24H29N3O4. The van der Waals surface area contributed by atoms with E-state index in [0.29, 0.717) is 35.8 Å². The van der Waals surface area contributed by atoms with Gasteiger partial charge in [0.1, 0.15) is 0 Å². The van der Waals surface area contributed by atoms with E-state index in [9.17, 15) is 9.59 Å². The molecule has 2 aliphatic rings. The molecule has 2 aliphatic heterocycles. The zero-order valence-electron chi connectivity index (χ0n) is 18.0. The van der Waals surface area contributed by atoms with Crippen LogP contribution in [0, 0.1) is 0 Å². The normalized spacial score (nSPS) is 22.1. The molecule has 2 bridgehead atoms. The summed E-state index contributed by atoms with van der Waals surface area (Å²) in [5.74, 6) is 1.19. The van der Waals surface area contributed by atoms with Crippen LogP contribution in [0.3, 0.4) is 0 Å². The number of aromatic nitrogens is 1. The number of carbonyl (C=O) groups is 2. The van der Waals surface area contributed by atoms with Crippen LogP contribution in [0.1, 0.15) is 60.2 Å². The molecule has 7 nitrogen and oxygen atoms in total. The van der Waals surface area contributed by atoms with E-state index in [4.69, 9.17) is 9.47 Å². The van der Waals surface area contributed by atoms with Gasteiger partial charge in [-0.15, -0.1) is 0 Å². The Labute approximate surface area is 182 Å². The van der Waals surface area contributed by atoms with Gasteiger partial charge in [-0.05, 0) is 69.9 Å². The van der Waals surface area contributed by atoms with Crippen molar-refractivity contribution in [3.05, 3.63) is 53.9 Å². The van der Waals surface area contributed by atoms with Gasteiger partial charge in [-0.2, -0.15) is 0 Å². The van der Waals surface area contributed by atoms with Crippen LogP contribution in [-0.2, 0) is 0 Å². The van der Waals surface area contributed by atoms with Gasteiger partial charge >= 0.3 is 0 Å². The molecule has 4 rings (SSSR count). The van der Waals surface area contributed by atoms with Gasteiger partial charge in [0.25, 0.3) is 11.8 Å². The predicted octanol–water partition coefficient (Wildman–Crippen LogP) is 3.44. The third-order valence-electron chi connectivity index (χ3n) is 6.04. The third kappa shape index (κ3) is 4.50. The molecule has 0 radical (unpaired) electrons. The summed E-state index contributed by atoms with van der Waals surface area (Å²) in [4.78, 5) is 31.9. The lowest BCUT2D eigenvalue weighted by Gasteiger charge is -2.39. The molecule has 1 aromatic carbocycles. The number of amides is 2. The molecule has 2 saturated heterocycles. The van der Waals surface area contributed by atoms with Crippen LogP contribution in [0.5, 0.6) is 11.5 Å². The number of ether oxygens (including phenoxy) is 2. The molecule has 1 N–H and O–H groups in total. The maximum absolute atomic E-state index is 13.4. The summed E-state index contributed by atoms with van der Waals surface area (Å²) in [6.45, 7) is 4.88. The highest BCUT2D eigenvalue weighted by Gasteiger charge is 2.43. The summed E-state index contributed by atoms with van der Waals surface area (Å²) in [6, 6.07) is 9.18. The van der Waals surface area contributed by atoms with Gasteiger partial charge < -0.3 is 19.7 Å². The largest absolute Gasteiger partial charge is 0.490 e. The van der Waals surface area contributed by atoms with Gasteiger partial charge in [-0.1, -0.05) is 0 Å². The lowest BCUT2D eigenvalue weighted by atomic mass is 9.96. The minimum Gasteiger partial charge on any atom is -0.490 e. The number of hydrogen-bond donors (Lipinski definition) is 1. The molecule has 0 saturated carbocycles.